The summed E-state index contributed by atoms with van der Waals surface area (Å²) in [6.45, 7) is 2.19. The maximum Gasteiger partial charge on any atom is 0.262 e. The van der Waals surface area contributed by atoms with Crippen molar-refractivity contribution >= 4 is 27.3 Å². The van der Waals surface area contributed by atoms with E-state index in [0.29, 0.717) is 22.9 Å². The lowest BCUT2D eigenvalue weighted by Gasteiger charge is -2.15. The van der Waals surface area contributed by atoms with Gasteiger partial charge < -0.3 is 9.47 Å². The Hall–Kier alpha value is -2.77. The molecule has 0 fully saturated rings. The van der Waals surface area contributed by atoms with E-state index in [1.54, 1.807) is 19.1 Å². The Kier molecular flexibility index (Phi) is 6.38. The smallest absolute Gasteiger partial charge is 0.262 e. The van der Waals surface area contributed by atoms with Gasteiger partial charge in [0, 0.05) is 11.2 Å². The summed E-state index contributed by atoms with van der Waals surface area (Å²) in [5.74, 6) is 1.04. The highest BCUT2D eigenvalue weighted by Crippen LogP contribution is 2.28. The highest BCUT2D eigenvalue weighted by molar-refractivity contribution is 7.92. The Bertz CT molecular complexity index is 1040. The summed E-state index contributed by atoms with van der Waals surface area (Å²) in [6.07, 6.45) is 2.93. The lowest BCUT2D eigenvalue weighted by Crippen LogP contribution is -2.16. The number of hydrogen-bond acceptors (Lipinski definition) is 5. The molecule has 6 nitrogen and oxygen atoms in total. The summed E-state index contributed by atoms with van der Waals surface area (Å²) < 4.78 is 39.3. The van der Waals surface area contributed by atoms with Crippen LogP contribution in [0.15, 0.2) is 71.9 Å². The second-order valence-corrected chi connectivity index (χ2v) is 7.91. The summed E-state index contributed by atoms with van der Waals surface area (Å²) in [5.41, 5.74) is 0.763. The minimum atomic E-state index is -3.84. The van der Waals surface area contributed by atoms with Gasteiger partial charge in [0.1, 0.15) is 19.0 Å². The first-order chi connectivity index (χ1) is 13.5. The third kappa shape index (κ3) is 4.94. The Morgan fingerprint density at radius 2 is 1.75 bits per heavy atom. The number of benzene rings is 2. The Labute approximate surface area is 169 Å². The molecule has 8 heteroatoms. The van der Waals surface area contributed by atoms with Gasteiger partial charge in [-0.15, -0.1) is 0 Å². The number of pyridine rings is 1. The lowest BCUT2D eigenvalue weighted by molar-refractivity contribution is 0.217. The van der Waals surface area contributed by atoms with Crippen molar-refractivity contribution < 1.29 is 17.9 Å². The number of nitrogens with one attached hydrogen (secondary N) is 1. The fourth-order valence-corrected chi connectivity index (χ4v) is 4.06. The van der Waals surface area contributed by atoms with Crippen LogP contribution in [0, 0.1) is 6.92 Å². The number of ether oxygens (including phenoxy) is 2. The molecule has 3 rings (SSSR count). The number of hydrogen-bond donors (Lipinski definition) is 1. The van der Waals surface area contributed by atoms with E-state index < -0.39 is 10.0 Å². The van der Waals surface area contributed by atoms with Gasteiger partial charge in [0.15, 0.2) is 5.75 Å². The van der Waals surface area contributed by atoms with Crippen LogP contribution in [0.2, 0.25) is 5.02 Å². The van der Waals surface area contributed by atoms with Crippen LogP contribution in [-0.2, 0) is 10.0 Å². The van der Waals surface area contributed by atoms with Crippen LogP contribution in [0.3, 0.4) is 0 Å². The first-order valence-corrected chi connectivity index (χ1v) is 10.4. The fourth-order valence-electron chi connectivity index (χ4n) is 2.49. The zero-order chi connectivity index (χ0) is 20.0. The minimum Gasteiger partial charge on any atom is -0.490 e. The van der Waals surface area contributed by atoms with E-state index in [1.807, 2.05) is 30.3 Å². The van der Waals surface area contributed by atoms with Crippen molar-refractivity contribution in [3.05, 3.63) is 77.6 Å². The Balaban J connectivity index is 1.69. The van der Waals surface area contributed by atoms with E-state index in [2.05, 4.69) is 9.71 Å². The predicted molar refractivity (Wildman–Crippen MR) is 109 cm³/mol. The van der Waals surface area contributed by atoms with Gasteiger partial charge in [0.05, 0.1) is 16.8 Å². The second-order valence-electron chi connectivity index (χ2n) is 5.85. The summed E-state index contributed by atoms with van der Waals surface area (Å²) in [4.78, 5) is 4.10. The van der Waals surface area contributed by atoms with Crippen LogP contribution in [0.1, 0.15) is 5.56 Å². The molecule has 0 saturated heterocycles. The molecule has 1 heterocycles. The van der Waals surface area contributed by atoms with Crippen LogP contribution < -0.4 is 14.2 Å². The van der Waals surface area contributed by atoms with Gasteiger partial charge in [-0.3, -0.25) is 9.71 Å². The van der Waals surface area contributed by atoms with Crippen LogP contribution in [0.4, 0.5) is 5.69 Å². The van der Waals surface area contributed by atoms with Crippen LogP contribution in [0.5, 0.6) is 11.5 Å². The monoisotopic (exact) mass is 418 g/mol. The largest absolute Gasteiger partial charge is 0.490 e. The highest BCUT2D eigenvalue weighted by Gasteiger charge is 2.20. The summed E-state index contributed by atoms with van der Waals surface area (Å²) >= 11 is 6.05. The molecule has 0 radical (unpaired) electrons. The highest BCUT2D eigenvalue weighted by atomic mass is 35.5. The molecule has 28 heavy (non-hydrogen) atoms. The lowest BCUT2D eigenvalue weighted by atomic mass is 10.2. The number of anilines is 1. The first-order valence-electron chi connectivity index (χ1n) is 8.50. The maximum absolute atomic E-state index is 12.8. The van der Waals surface area contributed by atoms with E-state index in [4.69, 9.17) is 21.1 Å². The van der Waals surface area contributed by atoms with E-state index >= 15 is 0 Å². The van der Waals surface area contributed by atoms with Gasteiger partial charge in [-0.1, -0.05) is 35.9 Å². The second kappa shape index (κ2) is 8.95. The molecule has 146 valence electrons. The molecule has 1 aromatic heterocycles. The predicted octanol–water partition coefficient (Wildman–Crippen LogP) is 4.30. The zero-order valence-corrected chi connectivity index (χ0v) is 16.7. The van der Waals surface area contributed by atoms with Crippen molar-refractivity contribution in [2.75, 3.05) is 17.9 Å². The van der Waals surface area contributed by atoms with Crippen LogP contribution in [0.25, 0.3) is 0 Å². The quantitative estimate of drug-likeness (QED) is 0.552. The van der Waals surface area contributed by atoms with Gasteiger partial charge in [-0.2, -0.15) is 0 Å². The molecular weight excluding hydrogens is 400 g/mol. The van der Waals surface area contributed by atoms with Crippen LogP contribution in [-0.4, -0.2) is 26.6 Å². The molecule has 0 aliphatic carbocycles. The molecule has 0 bridgehead atoms. The van der Waals surface area contributed by atoms with Crippen molar-refractivity contribution in [1.82, 2.24) is 4.98 Å². The van der Waals surface area contributed by atoms with E-state index in [1.165, 1.54) is 24.5 Å². The molecule has 0 aliphatic rings. The summed E-state index contributed by atoms with van der Waals surface area (Å²) in [6, 6.07) is 15.6. The average molecular weight is 419 g/mol. The van der Waals surface area contributed by atoms with E-state index in [-0.39, 0.29) is 17.2 Å². The number of aromatic nitrogens is 1. The molecule has 0 unspecified atom stereocenters. The Morgan fingerprint density at radius 3 is 2.54 bits per heavy atom. The van der Waals surface area contributed by atoms with Gasteiger partial charge in [-0.25, -0.2) is 8.42 Å². The van der Waals surface area contributed by atoms with Crippen molar-refractivity contribution in [1.29, 1.82) is 0 Å². The molecule has 3 aromatic rings. The molecular formula is C20H19ClN2O4S. The summed E-state index contributed by atoms with van der Waals surface area (Å²) in [7, 11) is -3.84. The van der Waals surface area contributed by atoms with Crippen molar-refractivity contribution in [3.63, 3.8) is 0 Å². The average Bonchev–Trinajstić information content (AvgIpc) is 2.69. The number of rotatable bonds is 8. The van der Waals surface area contributed by atoms with Crippen molar-refractivity contribution in [2.24, 2.45) is 0 Å². The number of para-hydroxylation sites is 1. The third-order valence-electron chi connectivity index (χ3n) is 3.89. The molecule has 0 spiro atoms. The van der Waals surface area contributed by atoms with Crippen molar-refractivity contribution in [3.8, 4) is 11.5 Å². The van der Waals surface area contributed by atoms with Crippen LogP contribution >= 0.6 is 11.6 Å². The molecule has 2 aromatic carbocycles. The zero-order valence-electron chi connectivity index (χ0n) is 15.1. The van der Waals surface area contributed by atoms with Crippen molar-refractivity contribution in [2.45, 2.75) is 11.8 Å². The molecule has 1 N–H and O–H groups in total. The Morgan fingerprint density at radius 1 is 1.00 bits per heavy atom. The number of nitrogens with zero attached hydrogens (tertiary/aromatic N) is 1. The van der Waals surface area contributed by atoms with Gasteiger partial charge in [0.25, 0.3) is 10.0 Å². The van der Waals surface area contributed by atoms with E-state index in [0.717, 1.165) is 5.75 Å². The SMILES string of the molecule is Cc1c(Cl)cccc1S(=O)(=O)Nc1ccncc1OCCOc1ccccc1. The first kappa shape index (κ1) is 20.0. The van der Waals surface area contributed by atoms with Gasteiger partial charge >= 0.3 is 0 Å². The molecule has 0 atom stereocenters. The standard InChI is InChI=1S/C20H19ClN2O4S/c1-15-17(21)8-5-9-20(15)28(24,25)23-18-10-11-22-14-19(18)27-13-12-26-16-6-3-2-4-7-16/h2-11,14H,12-13H2,1H3,(H,22,23). The normalized spacial score (nSPS) is 11.1. The molecule has 0 aliphatic heterocycles. The number of sulfonamides is 1. The van der Waals surface area contributed by atoms with Gasteiger partial charge in [-0.05, 0) is 42.8 Å². The van der Waals surface area contributed by atoms with E-state index in [9.17, 15) is 8.42 Å². The molecule has 0 saturated carbocycles. The van der Waals surface area contributed by atoms with Gasteiger partial charge in [0.2, 0.25) is 0 Å². The fraction of sp³-hybridized carbons (Fsp3) is 0.150. The third-order valence-corrected chi connectivity index (χ3v) is 5.81. The minimum absolute atomic E-state index is 0.107. The topological polar surface area (TPSA) is 77.5 Å². The maximum atomic E-state index is 12.8. The molecule has 0 amide bonds. The number of halogens is 1. The summed E-state index contributed by atoms with van der Waals surface area (Å²) in [5, 5.41) is 0.382.